The van der Waals surface area contributed by atoms with E-state index in [4.69, 9.17) is 4.74 Å². The second-order valence-corrected chi connectivity index (χ2v) is 5.22. The van der Waals surface area contributed by atoms with Gasteiger partial charge >= 0.3 is 12.1 Å². The Hall–Kier alpha value is -2.82. The Morgan fingerprint density at radius 3 is 2.17 bits per heavy atom. The van der Waals surface area contributed by atoms with Crippen LogP contribution in [0.25, 0.3) is 0 Å². The summed E-state index contributed by atoms with van der Waals surface area (Å²) in [6.07, 6.45) is -0.643. The number of amides is 1. The minimum absolute atomic E-state index is 0.135. The number of alkyl carbamates (subject to hydrolysis) is 1. The Morgan fingerprint density at radius 2 is 1.61 bits per heavy atom. The molecule has 2 atom stereocenters. The molecule has 5 nitrogen and oxygen atoms in total. The monoisotopic (exact) mass is 313 g/mol. The topological polar surface area (TPSA) is 75.6 Å². The van der Waals surface area contributed by atoms with Crippen molar-refractivity contribution in [2.24, 2.45) is 5.92 Å². The van der Waals surface area contributed by atoms with Gasteiger partial charge in [0.15, 0.2) is 0 Å². The number of carbonyl (C=O) groups is 2. The lowest BCUT2D eigenvalue weighted by Crippen LogP contribution is -2.35. The fraction of sp³-hybridized carbons (Fsp3) is 0.222. The SMILES string of the molecule is C[C@H](C(=O)O)[C@H](NC(=O)OCc1ccccc1)c1ccccc1. The Bertz CT molecular complexity index is 643. The van der Waals surface area contributed by atoms with Gasteiger partial charge in [-0.15, -0.1) is 0 Å². The van der Waals surface area contributed by atoms with E-state index in [-0.39, 0.29) is 6.61 Å². The molecule has 120 valence electrons. The summed E-state index contributed by atoms with van der Waals surface area (Å²) < 4.78 is 5.17. The maximum atomic E-state index is 12.0. The minimum atomic E-state index is -0.984. The van der Waals surface area contributed by atoms with Gasteiger partial charge in [0.2, 0.25) is 0 Å². The second kappa shape index (κ2) is 7.98. The van der Waals surface area contributed by atoms with Crippen molar-refractivity contribution in [3.63, 3.8) is 0 Å². The Kier molecular flexibility index (Phi) is 5.74. The lowest BCUT2D eigenvalue weighted by molar-refractivity contribution is -0.142. The van der Waals surface area contributed by atoms with Crippen LogP contribution in [0, 0.1) is 5.92 Å². The van der Waals surface area contributed by atoms with E-state index in [9.17, 15) is 14.7 Å². The largest absolute Gasteiger partial charge is 0.481 e. The van der Waals surface area contributed by atoms with E-state index < -0.39 is 24.0 Å². The van der Waals surface area contributed by atoms with Crippen molar-refractivity contribution >= 4 is 12.1 Å². The molecule has 0 aromatic heterocycles. The molecule has 2 aromatic rings. The van der Waals surface area contributed by atoms with E-state index in [1.54, 1.807) is 31.2 Å². The number of nitrogens with one attached hydrogen (secondary N) is 1. The van der Waals surface area contributed by atoms with Crippen molar-refractivity contribution in [3.8, 4) is 0 Å². The normalized spacial score (nSPS) is 12.9. The molecule has 0 spiro atoms. The van der Waals surface area contributed by atoms with Gasteiger partial charge in [0, 0.05) is 0 Å². The average Bonchev–Trinajstić information content (AvgIpc) is 2.59. The van der Waals surface area contributed by atoms with E-state index in [2.05, 4.69) is 5.32 Å². The van der Waals surface area contributed by atoms with Gasteiger partial charge in [-0.05, 0) is 18.1 Å². The van der Waals surface area contributed by atoms with Crippen LogP contribution in [-0.4, -0.2) is 17.2 Å². The van der Waals surface area contributed by atoms with Crippen LogP contribution in [0.2, 0.25) is 0 Å². The highest BCUT2D eigenvalue weighted by atomic mass is 16.5. The molecule has 0 bridgehead atoms. The quantitative estimate of drug-likeness (QED) is 0.857. The number of ether oxygens (including phenoxy) is 1. The number of aliphatic carboxylic acids is 1. The van der Waals surface area contributed by atoms with E-state index >= 15 is 0 Å². The van der Waals surface area contributed by atoms with E-state index in [0.29, 0.717) is 0 Å². The van der Waals surface area contributed by atoms with Crippen molar-refractivity contribution in [2.75, 3.05) is 0 Å². The molecular formula is C18H19NO4. The maximum absolute atomic E-state index is 12.0. The number of carboxylic acid groups (broad SMARTS) is 1. The summed E-state index contributed by atoms with van der Waals surface area (Å²) in [5.74, 6) is -1.76. The summed E-state index contributed by atoms with van der Waals surface area (Å²) in [6.45, 7) is 1.69. The number of hydrogen-bond donors (Lipinski definition) is 2. The van der Waals surface area contributed by atoms with E-state index in [1.165, 1.54) is 0 Å². The summed E-state index contributed by atoms with van der Waals surface area (Å²) >= 11 is 0. The van der Waals surface area contributed by atoms with Crippen molar-refractivity contribution in [1.82, 2.24) is 5.32 Å². The fourth-order valence-electron chi connectivity index (χ4n) is 2.19. The molecule has 0 aliphatic heterocycles. The van der Waals surface area contributed by atoms with Gasteiger partial charge < -0.3 is 15.2 Å². The summed E-state index contributed by atoms with van der Waals surface area (Å²) in [7, 11) is 0. The molecule has 0 unspecified atom stereocenters. The van der Waals surface area contributed by atoms with Crippen LogP contribution >= 0.6 is 0 Å². The Balaban J connectivity index is 2.02. The van der Waals surface area contributed by atoms with Crippen LogP contribution in [0.15, 0.2) is 60.7 Å². The first-order valence-corrected chi connectivity index (χ1v) is 7.33. The van der Waals surface area contributed by atoms with Gasteiger partial charge in [0.05, 0.1) is 12.0 Å². The molecule has 0 heterocycles. The van der Waals surface area contributed by atoms with Gasteiger partial charge in [-0.2, -0.15) is 0 Å². The van der Waals surface area contributed by atoms with E-state index in [0.717, 1.165) is 11.1 Å². The first kappa shape index (κ1) is 16.5. The zero-order valence-electron chi connectivity index (χ0n) is 12.8. The molecule has 0 radical (unpaired) electrons. The summed E-state index contributed by atoms with van der Waals surface area (Å²) in [5.41, 5.74) is 1.59. The fourth-order valence-corrected chi connectivity index (χ4v) is 2.19. The molecule has 0 aliphatic carbocycles. The standard InChI is InChI=1S/C18H19NO4/c1-13(17(20)21)16(15-10-6-3-7-11-15)19-18(22)23-12-14-8-4-2-5-9-14/h2-11,13,16H,12H2,1H3,(H,19,22)(H,20,21)/t13-,16-/m0/s1. The highest BCUT2D eigenvalue weighted by Gasteiger charge is 2.27. The van der Waals surface area contributed by atoms with Crippen LogP contribution in [0.1, 0.15) is 24.1 Å². The molecule has 2 N–H and O–H groups in total. The summed E-state index contributed by atoms with van der Waals surface area (Å²) in [5, 5.41) is 11.9. The number of benzene rings is 2. The average molecular weight is 313 g/mol. The Morgan fingerprint density at radius 1 is 1.04 bits per heavy atom. The van der Waals surface area contributed by atoms with Gasteiger partial charge in [-0.3, -0.25) is 4.79 Å². The molecule has 23 heavy (non-hydrogen) atoms. The number of hydrogen-bond acceptors (Lipinski definition) is 3. The number of carbonyl (C=O) groups excluding carboxylic acids is 1. The molecule has 1 amide bonds. The third-order valence-corrected chi connectivity index (χ3v) is 3.53. The first-order chi connectivity index (χ1) is 11.1. The number of carboxylic acids is 1. The van der Waals surface area contributed by atoms with Gasteiger partial charge in [0.25, 0.3) is 0 Å². The lowest BCUT2D eigenvalue weighted by atomic mass is 9.95. The second-order valence-electron chi connectivity index (χ2n) is 5.22. The predicted octanol–water partition coefficient (Wildman–Crippen LogP) is 3.37. The molecule has 5 heteroatoms. The van der Waals surface area contributed by atoms with Crippen LogP contribution in [0.3, 0.4) is 0 Å². The van der Waals surface area contributed by atoms with Gasteiger partial charge in [0.1, 0.15) is 6.61 Å². The predicted molar refractivity (Wildman–Crippen MR) is 85.7 cm³/mol. The molecular weight excluding hydrogens is 294 g/mol. The van der Waals surface area contributed by atoms with Crippen molar-refractivity contribution in [1.29, 1.82) is 0 Å². The molecule has 0 saturated carbocycles. The summed E-state index contributed by atoms with van der Waals surface area (Å²) in [6, 6.07) is 17.6. The third kappa shape index (κ3) is 4.85. The highest BCUT2D eigenvalue weighted by Crippen LogP contribution is 2.22. The van der Waals surface area contributed by atoms with Crippen molar-refractivity contribution in [2.45, 2.75) is 19.6 Å². The zero-order valence-corrected chi connectivity index (χ0v) is 12.8. The van der Waals surface area contributed by atoms with E-state index in [1.807, 2.05) is 36.4 Å². The van der Waals surface area contributed by atoms with Gasteiger partial charge in [-0.1, -0.05) is 60.7 Å². The van der Waals surface area contributed by atoms with Crippen molar-refractivity contribution in [3.05, 3.63) is 71.8 Å². The molecule has 0 aliphatic rings. The highest BCUT2D eigenvalue weighted by molar-refractivity contribution is 5.73. The van der Waals surface area contributed by atoms with Crippen molar-refractivity contribution < 1.29 is 19.4 Å². The molecule has 0 saturated heterocycles. The third-order valence-electron chi connectivity index (χ3n) is 3.53. The molecule has 0 fully saturated rings. The lowest BCUT2D eigenvalue weighted by Gasteiger charge is -2.22. The van der Waals surface area contributed by atoms with Gasteiger partial charge in [-0.25, -0.2) is 4.79 Å². The summed E-state index contributed by atoms with van der Waals surface area (Å²) in [4.78, 5) is 23.3. The van der Waals surface area contributed by atoms with Crippen LogP contribution in [-0.2, 0) is 16.1 Å². The molecule has 2 rings (SSSR count). The zero-order chi connectivity index (χ0) is 16.7. The minimum Gasteiger partial charge on any atom is -0.481 e. The maximum Gasteiger partial charge on any atom is 0.407 e. The number of rotatable bonds is 6. The molecule has 2 aromatic carbocycles. The Labute approximate surface area is 134 Å². The van der Waals surface area contributed by atoms with Crippen LogP contribution in [0.4, 0.5) is 4.79 Å². The first-order valence-electron chi connectivity index (χ1n) is 7.33. The smallest absolute Gasteiger partial charge is 0.407 e. The van der Waals surface area contributed by atoms with Crippen LogP contribution in [0.5, 0.6) is 0 Å². The van der Waals surface area contributed by atoms with Crippen LogP contribution < -0.4 is 5.32 Å².